The van der Waals surface area contributed by atoms with Crippen LogP contribution in [-0.2, 0) is 9.53 Å². The van der Waals surface area contributed by atoms with Crippen molar-refractivity contribution < 1.29 is 9.53 Å². The van der Waals surface area contributed by atoms with Gasteiger partial charge in [-0.15, -0.1) is 0 Å². The predicted molar refractivity (Wildman–Crippen MR) is 81.3 cm³/mol. The Labute approximate surface area is 122 Å². The van der Waals surface area contributed by atoms with E-state index in [4.69, 9.17) is 10.5 Å². The van der Waals surface area contributed by atoms with Gasteiger partial charge in [-0.25, -0.2) is 0 Å². The topological polar surface area (TPSA) is 64.3 Å². The molecule has 0 saturated heterocycles. The second-order valence-electron chi connectivity index (χ2n) is 4.67. The number of anilines is 1. The predicted octanol–water partition coefficient (Wildman–Crippen LogP) is 2.76. The van der Waals surface area contributed by atoms with Crippen molar-refractivity contribution in [1.29, 1.82) is 0 Å². The summed E-state index contributed by atoms with van der Waals surface area (Å²) in [6, 6.07) is 3.48. The summed E-state index contributed by atoms with van der Waals surface area (Å²) in [5.74, 6) is -0.163. The summed E-state index contributed by atoms with van der Waals surface area (Å²) in [4.78, 5) is 12.0. The number of nitrogens with one attached hydrogen (secondary N) is 1. The Hall–Kier alpha value is -0.910. The normalized spacial score (nSPS) is 12.3. The molecule has 0 heterocycles. The first-order valence-corrected chi connectivity index (χ1v) is 7.07. The number of carbonyl (C=O) groups is 1. The third kappa shape index (κ3) is 4.93. The first kappa shape index (κ1) is 16.1. The quantitative estimate of drug-likeness (QED) is 0.789. The highest BCUT2D eigenvalue weighted by atomic mass is 79.9. The monoisotopic (exact) mass is 328 g/mol. The van der Waals surface area contributed by atoms with Crippen LogP contribution in [-0.4, -0.2) is 25.7 Å². The van der Waals surface area contributed by atoms with E-state index in [2.05, 4.69) is 21.2 Å². The molecule has 0 fully saturated rings. The number of benzene rings is 1. The summed E-state index contributed by atoms with van der Waals surface area (Å²) in [6.45, 7) is 4.60. The maximum Gasteiger partial charge on any atom is 0.241 e. The molecule has 0 saturated carbocycles. The Bertz CT molecular complexity index is 426. The van der Waals surface area contributed by atoms with E-state index in [1.807, 2.05) is 26.0 Å². The van der Waals surface area contributed by atoms with Crippen LogP contribution in [0.15, 0.2) is 16.6 Å². The number of hydrogen-bond acceptors (Lipinski definition) is 3. The molecule has 1 aromatic carbocycles. The van der Waals surface area contributed by atoms with Crippen molar-refractivity contribution in [2.75, 3.05) is 19.0 Å². The number of carbonyl (C=O) groups excluding carboxylic acids is 1. The molecule has 0 aromatic heterocycles. The number of rotatable bonds is 6. The van der Waals surface area contributed by atoms with E-state index in [0.717, 1.165) is 27.7 Å². The Kier molecular flexibility index (Phi) is 6.48. The molecule has 4 nitrogen and oxygen atoms in total. The van der Waals surface area contributed by atoms with E-state index in [9.17, 15) is 4.79 Å². The maximum atomic E-state index is 12.0. The number of aryl methyl sites for hydroxylation is 2. The lowest BCUT2D eigenvalue weighted by Gasteiger charge is -2.15. The van der Waals surface area contributed by atoms with E-state index in [1.165, 1.54) is 0 Å². The number of methoxy groups -OCH3 is 1. The van der Waals surface area contributed by atoms with Gasteiger partial charge in [0.05, 0.1) is 11.7 Å². The Morgan fingerprint density at radius 3 is 2.74 bits per heavy atom. The lowest BCUT2D eigenvalue weighted by atomic mass is 10.1. The first-order valence-electron chi connectivity index (χ1n) is 6.27. The van der Waals surface area contributed by atoms with Crippen LogP contribution < -0.4 is 11.1 Å². The van der Waals surface area contributed by atoms with Crippen molar-refractivity contribution in [1.82, 2.24) is 0 Å². The van der Waals surface area contributed by atoms with Crippen molar-refractivity contribution in [3.63, 3.8) is 0 Å². The molecule has 5 heteroatoms. The van der Waals surface area contributed by atoms with Gasteiger partial charge in [0.2, 0.25) is 5.91 Å². The van der Waals surface area contributed by atoms with Gasteiger partial charge in [0.1, 0.15) is 0 Å². The van der Waals surface area contributed by atoms with Gasteiger partial charge in [0.15, 0.2) is 0 Å². The van der Waals surface area contributed by atoms with Gasteiger partial charge >= 0.3 is 0 Å². The third-order valence-electron chi connectivity index (χ3n) is 2.88. The van der Waals surface area contributed by atoms with Crippen LogP contribution in [0.3, 0.4) is 0 Å². The first-order chi connectivity index (χ1) is 8.95. The maximum absolute atomic E-state index is 12.0. The van der Waals surface area contributed by atoms with Crippen LogP contribution in [0.5, 0.6) is 0 Å². The molecule has 1 aromatic rings. The molecule has 1 rings (SSSR count). The van der Waals surface area contributed by atoms with Gasteiger partial charge in [-0.1, -0.05) is 6.07 Å². The van der Waals surface area contributed by atoms with Crippen LogP contribution >= 0.6 is 15.9 Å². The highest BCUT2D eigenvalue weighted by Crippen LogP contribution is 2.27. The Morgan fingerprint density at radius 2 is 2.16 bits per heavy atom. The summed E-state index contributed by atoms with van der Waals surface area (Å²) in [7, 11) is 1.64. The van der Waals surface area contributed by atoms with Crippen LogP contribution in [0.2, 0.25) is 0 Å². The minimum absolute atomic E-state index is 0.163. The van der Waals surface area contributed by atoms with Gasteiger partial charge in [0, 0.05) is 18.2 Å². The summed E-state index contributed by atoms with van der Waals surface area (Å²) in [5.41, 5.74) is 8.81. The van der Waals surface area contributed by atoms with Crippen molar-refractivity contribution in [2.45, 2.75) is 32.7 Å². The zero-order chi connectivity index (χ0) is 14.4. The highest BCUT2D eigenvalue weighted by molar-refractivity contribution is 9.10. The van der Waals surface area contributed by atoms with Gasteiger partial charge in [0.25, 0.3) is 0 Å². The molecular formula is C14H21BrN2O2. The molecule has 0 aliphatic carbocycles. The van der Waals surface area contributed by atoms with E-state index in [0.29, 0.717) is 13.0 Å². The third-order valence-corrected chi connectivity index (χ3v) is 3.51. The highest BCUT2D eigenvalue weighted by Gasteiger charge is 2.15. The van der Waals surface area contributed by atoms with Crippen LogP contribution in [0.25, 0.3) is 0 Å². The largest absolute Gasteiger partial charge is 0.385 e. The number of halogens is 1. The summed E-state index contributed by atoms with van der Waals surface area (Å²) >= 11 is 3.46. The van der Waals surface area contributed by atoms with Crippen LogP contribution in [0, 0.1) is 13.8 Å². The minimum atomic E-state index is -0.511. The molecule has 0 aliphatic rings. The fourth-order valence-corrected chi connectivity index (χ4v) is 2.64. The lowest BCUT2D eigenvalue weighted by molar-refractivity contribution is -0.117. The van der Waals surface area contributed by atoms with Crippen molar-refractivity contribution in [2.24, 2.45) is 5.73 Å². The van der Waals surface area contributed by atoms with E-state index in [-0.39, 0.29) is 5.91 Å². The molecular weight excluding hydrogens is 308 g/mol. The van der Waals surface area contributed by atoms with Gasteiger partial charge in [-0.3, -0.25) is 4.79 Å². The number of nitrogens with two attached hydrogens (primary N) is 1. The Morgan fingerprint density at radius 1 is 1.47 bits per heavy atom. The fourth-order valence-electron chi connectivity index (χ4n) is 1.87. The zero-order valence-electron chi connectivity index (χ0n) is 11.6. The smallest absolute Gasteiger partial charge is 0.241 e. The number of amides is 1. The summed E-state index contributed by atoms with van der Waals surface area (Å²) in [6.07, 6.45) is 1.39. The van der Waals surface area contributed by atoms with Crippen LogP contribution in [0.1, 0.15) is 24.0 Å². The standard InChI is InChI=1S/C14H21BrN2O2/c1-9-7-10(2)13(11(15)8-9)17-14(18)12(16)5-4-6-19-3/h7-8,12H,4-6,16H2,1-3H3,(H,17,18). The average Bonchev–Trinajstić information content (AvgIpc) is 2.33. The van der Waals surface area contributed by atoms with Gasteiger partial charge < -0.3 is 15.8 Å². The molecule has 0 aliphatic heterocycles. The van der Waals surface area contributed by atoms with Crippen molar-refractivity contribution >= 4 is 27.5 Å². The number of hydrogen-bond donors (Lipinski definition) is 2. The van der Waals surface area contributed by atoms with Crippen molar-refractivity contribution in [3.8, 4) is 0 Å². The minimum Gasteiger partial charge on any atom is -0.385 e. The molecule has 3 N–H and O–H groups in total. The summed E-state index contributed by atoms with van der Waals surface area (Å²) in [5, 5.41) is 2.88. The Balaban J connectivity index is 2.66. The van der Waals surface area contributed by atoms with E-state index in [1.54, 1.807) is 7.11 Å². The molecule has 106 valence electrons. The van der Waals surface area contributed by atoms with Crippen LogP contribution in [0.4, 0.5) is 5.69 Å². The average molecular weight is 329 g/mol. The summed E-state index contributed by atoms with van der Waals surface area (Å²) < 4.78 is 5.82. The second kappa shape index (κ2) is 7.62. The molecule has 1 amide bonds. The molecule has 19 heavy (non-hydrogen) atoms. The second-order valence-corrected chi connectivity index (χ2v) is 5.52. The fraction of sp³-hybridized carbons (Fsp3) is 0.500. The van der Waals surface area contributed by atoms with Gasteiger partial charge in [-0.05, 0) is 59.8 Å². The molecule has 0 spiro atoms. The molecule has 1 atom stereocenters. The molecule has 0 radical (unpaired) electrons. The number of ether oxygens (including phenoxy) is 1. The zero-order valence-corrected chi connectivity index (χ0v) is 13.2. The molecule has 1 unspecified atom stereocenters. The molecule has 0 bridgehead atoms. The SMILES string of the molecule is COCCCC(N)C(=O)Nc1c(C)cc(C)cc1Br. The van der Waals surface area contributed by atoms with E-state index >= 15 is 0 Å². The lowest BCUT2D eigenvalue weighted by Crippen LogP contribution is -2.36. The van der Waals surface area contributed by atoms with E-state index < -0.39 is 6.04 Å². The van der Waals surface area contributed by atoms with Gasteiger partial charge in [-0.2, -0.15) is 0 Å². The van der Waals surface area contributed by atoms with Crippen molar-refractivity contribution in [3.05, 3.63) is 27.7 Å².